The Labute approximate surface area is 140 Å². The standard InChI is InChI=1S/C22H28O/c1-5-14(3)16-7-9-18-19-10-8-17(15(4)6-2)12-21(19)22(13-23)20(18)11-16/h7-12,14-15,22-23H,5-6,13H2,1-4H3. The molecule has 0 saturated carbocycles. The Balaban J connectivity index is 2.09. The van der Waals surface area contributed by atoms with Crippen molar-refractivity contribution in [2.75, 3.05) is 6.61 Å². The molecule has 1 aliphatic rings. The van der Waals surface area contributed by atoms with E-state index in [1.165, 1.54) is 33.4 Å². The fourth-order valence-electron chi connectivity index (χ4n) is 3.68. The molecule has 1 heteroatoms. The minimum Gasteiger partial charge on any atom is -0.395 e. The fraction of sp³-hybridized carbons (Fsp3) is 0.455. The van der Waals surface area contributed by atoms with Crippen LogP contribution < -0.4 is 0 Å². The lowest BCUT2D eigenvalue weighted by Gasteiger charge is -2.15. The number of rotatable bonds is 5. The van der Waals surface area contributed by atoms with Crippen molar-refractivity contribution in [3.05, 3.63) is 58.7 Å². The van der Waals surface area contributed by atoms with Crippen molar-refractivity contribution < 1.29 is 5.11 Å². The molecule has 3 rings (SSSR count). The minimum atomic E-state index is 0.132. The minimum absolute atomic E-state index is 0.132. The highest BCUT2D eigenvalue weighted by Gasteiger charge is 2.29. The molecule has 0 aliphatic heterocycles. The molecule has 0 amide bonds. The lowest BCUT2D eigenvalue weighted by Crippen LogP contribution is -2.04. The SMILES string of the molecule is CCC(C)c1ccc2c(c1)C(CO)c1cc(C(C)CC)ccc1-2. The van der Waals surface area contributed by atoms with Crippen LogP contribution in [0.2, 0.25) is 0 Å². The van der Waals surface area contributed by atoms with Gasteiger partial charge < -0.3 is 5.11 Å². The van der Waals surface area contributed by atoms with Gasteiger partial charge in [-0.05, 0) is 58.1 Å². The van der Waals surface area contributed by atoms with Gasteiger partial charge >= 0.3 is 0 Å². The molecule has 0 spiro atoms. The first-order valence-electron chi connectivity index (χ1n) is 8.99. The molecule has 0 saturated heterocycles. The molecular formula is C22H28O. The summed E-state index contributed by atoms with van der Waals surface area (Å²) in [5, 5.41) is 10.0. The van der Waals surface area contributed by atoms with Gasteiger partial charge in [0.05, 0.1) is 6.61 Å². The van der Waals surface area contributed by atoms with Crippen LogP contribution in [0, 0.1) is 0 Å². The van der Waals surface area contributed by atoms with E-state index in [1.807, 2.05) is 0 Å². The fourth-order valence-corrected chi connectivity index (χ4v) is 3.68. The summed E-state index contributed by atoms with van der Waals surface area (Å²) < 4.78 is 0. The largest absolute Gasteiger partial charge is 0.395 e. The lowest BCUT2D eigenvalue weighted by atomic mass is 9.90. The summed E-state index contributed by atoms with van der Waals surface area (Å²) in [6, 6.07) is 13.7. The van der Waals surface area contributed by atoms with E-state index < -0.39 is 0 Å². The van der Waals surface area contributed by atoms with E-state index in [4.69, 9.17) is 0 Å². The third-order valence-corrected chi connectivity index (χ3v) is 5.74. The second-order valence-electron chi connectivity index (χ2n) is 7.05. The summed E-state index contributed by atoms with van der Waals surface area (Å²) in [7, 11) is 0. The molecule has 1 nitrogen and oxygen atoms in total. The van der Waals surface area contributed by atoms with Gasteiger partial charge in [-0.3, -0.25) is 0 Å². The first-order chi connectivity index (χ1) is 11.1. The van der Waals surface area contributed by atoms with Crippen LogP contribution in [0.5, 0.6) is 0 Å². The van der Waals surface area contributed by atoms with Crippen molar-refractivity contribution in [3.8, 4) is 11.1 Å². The summed E-state index contributed by atoms with van der Waals surface area (Å²) in [5.41, 5.74) is 8.01. The summed E-state index contributed by atoms with van der Waals surface area (Å²) in [6.07, 6.45) is 2.29. The summed E-state index contributed by atoms with van der Waals surface area (Å²) in [4.78, 5) is 0. The monoisotopic (exact) mass is 308 g/mol. The molecular weight excluding hydrogens is 280 g/mol. The average molecular weight is 308 g/mol. The smallest absolute Gasteiger partial charge is 0.0540 e. The molecule has 0 aromatic heterocycles. The van der Waals surface area contributed by atoms with E-state index in [-0.39, 0.29) is 12.5 Å². The molecule has 0 bridgehead atoms. The number of benzene rings is 2. The highest BCUT2D eigenvalue weighted by molar-refractivity contribution is 5.79. The zero-order valence-corrected chi connectivity index (χ0v) is 14.8. The Morgan fingerprint density at radius 2 is 1.26 bits per heavy atom. The predicted molar refractivity (Wildman–Crippen MR) is 98.2 cm³/mol. The maximum atomic E-state index is 10.0. The Kier molecular flexibility index (Phi) is 4.59. The van der Waals surface area contributed by atoms with Gasteiger partial charge in [0.2, 0.25) is 0 Å². The van der Waals surface area contributed by atoms with Crippen molar-refractivity contribution in [2.45, 2.75) is 58.3 Å². The number of hydrogen-bond donors (Lipinski definition) is 1. The van der Waals surface area contributed by atoms with Crippen LogP contribution in [0.4, 0.5) is 0 Å². The van der Waals surface area contributed by atoms with Crippen LogP contribution in [-0.4, -0.2) is 11.7 Å². The first kappa shape index (κ1) is 16.3. The molecule has 2 atom stereocenters. The Morgan fingerprint density at radius 1 is 0.826 bits per heavy atom. The maximum Gasteiger partial charge on any atom is 0.0540 e. The molecule has 122 valence electrons. The predicted octanol–water partition coefficient (Wildman–Crippen LogP) is 5.82. The average Bonchev–Trinajstić information content (AvgIpc) is 2.92. The molecule has 2 aromatic carbocycles. The van der Waals surface area contributed by atoms with Crippen LogP contribution in [0.15, 0.2) is 36.4 Å². The molecule has 1 N–H and O–H groups in total. The van der Waals surface area contributed by atoms with Crippen LogP contribution in [0.1, 0.15) is 80.5 Å². The van der Waals surface area contributed by atoms with E-state index in [0.29, 0.717) is 11.8 Å². The van der Waals surface area contributed by atoms with E-state index >= 15 is 0 Å². The molecule has 1 aliphatic carbocycles. The molecule has 0 radical (unpaired) electrons. The maximum absolute atomic E-state index is 10.0. The van der Waals surface area contributed by atoms with E-state index in [2.05, 4.69) is 64.1 Å². The summed E-state index contributed by atoms with van der Waals surface area (Å²) in [6.45, 7) is 9.20. The second kappa shape index (κ2) is 6.49. The third kappa shape index (κ3) is 2.72. The van der Waals surface area contributed by atoms with E-state index in [9.17, 15) is 5.11 Å². The number of aliphatic hydroxyl groups excluding tert-OH is 1. The van der Waals surface area contributed by atoms with Crippen molar-refractivity contribution in [1.29, 1.82) is 0 Å². The van der Waals surface area contributed by atoms with Crippen LogP contribution in [0.3, 0.4) is 0 Å². The second-order valence-corrected chi connectivity index (χ2v) is 7.05. The molecule has 0 fully saturated rings. The molecule has 23 heavy (non-hydrogen) atoms. The first-order valence-corrected chi connectivity index (χ1v) is 8.99. The third-order valence-electron chi connectivity index (χ3n) is 5.74. The van der Waals surface area contributed by atoms with Gasteiger partial charge in [-0.15, -0.1) is 0 Å². The van der Waals surface area contributed by atoms with Crippen molar-refractivity contribution in [3.63, 3.8) is 0 Å². The van der Waals surface area contributed by atoms with Gasteiger partial charge in [-0.25, -0.2) is 0 Å². The topological polar surface area (TPSA) is 20.2 Å². The van der Waals surface area contributed by atoms with Gasteiger partial charge in [0, 0.05) is 5.92 Å². The van der Waals surface area contributed by atoms with Crippen LogP contribution >= 0.6 is 0 Å². The lowest BCUT2D eigenvalue weighted by molar-refractivity contribution is 0.282. The molecule has 2 aromatic rings. The van der Waals surface area contributed by atoms with Gasteiger partial charge in [0.15, 0.2) is 0 Å². The highest BCUT2D eigenvalue weighted by Crippen LogP contribution is 2.46. The normalized spacial score (nSPS) is 18.4. The Hall–Kier alpha value is -1.60. The van der Waals surface area contributed by atoms with Crippen LogP contribution in [-0.2, 0) is 0 Å². The van der Waals surface area contributed by atoms with E-state index in [1.54, 1.807) is 0 Å². The molecule has 0 heterocycles. The summed E-state index contributed by atoms with van der Waals surface area (Å²) in [5.74, 6) is 1.27. The van der Waals surface area contributed by atoms with Crippen LogP contribution in [0.25, 0.3) is 11.1 Å². The zero-order chi connectivity index (χ0) is 16.6. The molecule has 2 unspecified atom stereocenters. The van der Waals surface area contributed by atoms with Crippen molar-refractivity contribution in [2.24, 2.45) is 0 Å². The quantitative estimate of drug-likeness (QED) is 0.738. The van der Waals surface area contributed by atoms with Gasteiger partial charge in [0.25, 0.3) is 0 Å². The number of fused-ring (bicyclic) bond motifs is 3. The Morgan fingerprint density at radius 3 is 1.61 bits per heavy atom. The van der Waals surface area contributed by atoms with Gasteiger partial charge in [-0.1, -0.05) is 64.1 Å². The summed E-state index contributed by atoms with van der Waals surface area (Å²) >= 11 is 0. The van der Waals surface area contributed by atoms with Gasteiger partial charge in [0.1, 0.15) is 0 Å². The zero-order valence-electron chi connectivity index (χ0n) is 14.8. The Bertz CT molecular complexity index is 642. The number of aliphatic hydroxyl groups is 1. The van der Waals surface area contributed by atoms with Gasteiger partial charge in [-0.2, -0.15) is 0 Å². The van der Waals surface area contributed by atoms with E-state index in [0.717, 1.165) is 12.8 Å². The number of hydrogen-bond acceptors (Lipinski definition) is 1. The highest BCUT2D eigenvalue weighted by atomic mass is 16.3. The van der Waals surface area contributed by atoms with Crippen molar-refractivity contribution >= 4 is 0 Å². The van der Waals surface area contributed by atoms with Crippen molar-refractivity contribution in [1.82, 2.24) is 0 Å².